The first-order valence-corrected chi connectivity index (χ1v) is 8.60. The molecule has 0 aliphatic carbocycles. The van der Waals surface area contributed by atoms with Crippen molar-refractivity contribution in [2.45, 2.75) is 19.4 Å². The van der Waals surface area contributed by atoms with Gasteiger partial charge in [-0.3, -0.25) is 4.79 Å². The van der Waals surface area contributed by atoms with E-state index in [1.54, 1.807) is 12.1 Å². The molecule has 1 aliphatic heterocycles. The number of rotatable bonds is 4. The number of Topliss-reactive ketones (excluding diaryl/α,β-unsaturated/α-hetero) is 1. The molecule has 1 atom stereocenters. The summed E-state index contributed by atoms with van der Waals surface area (Å²) in [5, 5.41) is 0.579. The Morgan fingerprint density at radius 3 is 2.72 bits per heavy atom. The number of imidazole rings is 1. The van der Waals surface area contributed by atoms with Crippen LogP contribution >= 0.6 is 11.6 Å². The molecule has 3 aromatic rings. The van der Waals surface area contributed by atoms with Crippen molar-refractivity contribution < 1.29 is 4.79 Å². The number of halogens is 1. The summed E-state index contributed by atoms with van der Waals surface area (Å²) in [7, 11) is 0. The summed E-state index contributed by atoms with van der Waals surface area (Å²) < 4.78 is 2.10. The monoisotopic (exact) mass is 348 g/mol. The Bertz CT molecular complexity index is 972. The van der Waals surface area contributed by atoms with Gasteiger partial charge in [-0.15, -0.1) is 0 Å². The molecule has 4 heteroatoms. The first-order valence-electron chi connectivity index (χ1n) is 8.22. The standard InChI is InChI=1S/C21H17ClN2O/c1-14-19-12-23-13-24(19)18(21(14)15-6-3-2-4-7-15)11-20(25)16-8-5-9-17(22)10-16/h2-10,12-13,18H,11H2,1H3. The molecule has 0 fully saturated rings. The molecule has 1 aromatic heterocycles. The van der Waals surface area contributed by atoms with Crippen LogP contribution in [0.25, 0.3) is 11.1 Å². The highest BCUT2D eigenvalue weighted by Gasteiger charge is 2.31. The lowest BCUT2D eigenvalue weighted by molar-refractivity contribution is 0.0972. The van der Waals surface area contributed by atoms with Gasteiger partial charge < -0.3 is 4.57 Å². The summed E-state index contributed by atoms with van der Waals surface area (Å²) in [6, 6.07) is 17.3. The zero-order valence-corrected chi connectivity index (χ0v) is 14.6. The highest BCUT2D eigenvalue weighted by Crippen LogP contribution is 2.44. The number of allylic oxidation sites excluding steroid dienone is 2. The van der Waals surface area contributed by atoms with Gasteiger partial charge in [-0.05, 0) is 35.8 Å². The average molecular weight is 349 g/mol. The van der Waals surface area contributed by atoms with Crippen molar-refractivity contribution in [3.8, 4) is 0 Å². The van der Waals surface area contributed by atoms with E-state index in [9.17, 15) is 4.79 Å². The van der Waals surface area contributed by atoms with Gasteiger partial charge in [0, 0.05) is 17.0 Å². The second-order valence-corrected chi connectivity index (χ2v) is 6.68. The van der Waals surface area contributed by atoms with E-state index in [0.717, 1.165) is 11.3 Å². The van der Waals surface area contributed by atoms with E-state index in [1.165, 1.54) is 11.1 Å². The van der Waals surface area contributed by atoms with Gasteiger partial charge in [0.25, 0.3) is 0 Å². The maximum absolute atomic E-state index is 12.9. The van der Waals surface area contributed by atoms with Crippen molar-refractivity contribution >= 4 is 28.5 Å². The van der Waals surface area contributed by atoms with Gasteiger partial charge in [0.15, 0.2) is 5.78 Å². The summed E-state index contributed by atoms with van der Waals surface area (Å²) in [4.78, 5) is 17.1. The van der Waals surface area contributed by atoms with Crippen LogP contribution in [0.2, 0.25) is 5.02 Å². The molecule has 0 radical (unpaired) electrons. The lowest BCUT2D eigenvalue weighted by atomic mass is 9.92. The predicted molar refractivity (Wildman–Crippen MR) is 101 cm³/mol. The second kappa shape index (κ2) is 6.34. The van der Waals surface area contributed by atoms with E-state index in [4.69, 9.17) is 11.6 Å². The van der Waals surface area contributed by atoms with Gasteiger partial charge in [0.1, 0.15) is 0 Å². The number of carbonyl (C=O) groups excluding carboxylic acids is 1. The van der Waals surface area contributed by atoms with Gasteiger partial charge >= 0.3 is 0 Å². The molecular weight excluding hydrogens is 332 g/mol. The van der Waals surface area contributed by atoms with Crippen molar-refractivity contribution in [1.82, 2.24) is 9.55 Å². The third kappa shape index (κ3) is 2.81. The number of hydrogen-bond acceptors (Lipinski definition) is 2. The van der Waals surface area contributed by atoms with Crippen LogP contribution in [0.3, 0.4) is 0 Å². The number of ketones is 1. The van der Waals surface area contributed by atoms with E-state index in [2.05, 4.69) is 28.6 Å². The fourth-order valence-electron chi connectivity index (χ4n) is 3.55. The predicted octanol–water partition coefficient (Wildman–Crippen LogP) is 5.29. The fourth-order valence-corrected chi connectivity index (χ4v) is 3.74. The van der Waals surface area contributed by atoms with Crippen LogP contribution in [0.1, 0.15) is 41.0 Å². The van der Waals surface area contributed by atoms with Crippen LogP contribution in [0.5, 0.6) is 0 Å². The first-order chi connectivity index (χ1) is 12.1. The molecule has 0 N–H and O–H groups in total. The molecule has 1 aliphatic rings. The average Bonchev–Trinajstić information content (AvgIpc) is 3.19. The van der Waals surface area contributed by atoms with Gasteiger partial charge in [0.2, 0.25) is 0 Å². The van der Waals surface area contributed by atoms with E-state index < -0.39 is 0 Å². The number of fused-ring (bicyclic) bond motifs is 1. The Morgan fingerprint density at radius 1 is 1.16 bits per heavy atom. The third-order valence-electron chi connectivity index (χ3n) is 4.73. The van der Waals surface area contributed by atoms with Crippen LogP contribution < -0.4 is 0 Å². The van der Waals surface area contributed by atoms with Crippen molar-refractivity contribution in [2.75, 3.05) is 0 Å². The molecule has 0 spiro atoms. The largest absolute Gasteiger partial charge is 0.323 e. The SMILES string of the molecule is CC1=C(c2ccccc2)C(CC(=O)c2cccc(Cl)c2)n2cncc21. The van der Waals surface area contributed by atoms with E-state index in [1.807, 2.05) is 42.9 Å². The zero-order chi connectivity index (χ0) is 17.4. The Kier molecular flexibility index (Phi) is 4.02. The molecule has 0 saturated carbocycles. The summed E-state index contributed by atoms with van der Waals surface area (Å²) in [5.41, 5.74) is 5.22. The number of nitrogens with zero attached hydrogens (tertiary/aromatic N) is 2. The number of aromatic nitrogens is 2. The molecule has 2 aromatic carbocycles. The lowest BCUT2D eigenvalue weighted by Crippen LogP contribution is -2.13. The summed E-state index contributed by atoms with van der Waals surface area (Å²) in [6.07, 6.45) is 4.05. The first kappa shape index (κ1) is 15.9. The number of benzene rings is 2. The second-order valence-electron chi connectivity index (χ2n) is 6.24. The van der Waals surface area contributed by atoms with Crippen LogP contribution in [-0.2, 0) is 0 Å². The van der Waals surface area contributed by atoms with Crippen molar-refractivity contribution in [3.05, 3.63) is 89.0 Å². The van der Waals surface area contributed by atoms with E-state index >= 15 is 0 Å². The van der Waals surface area contributed by atoms with Crippen LogP contribution in [0.4, 0.5) is 0 Å². The van der Waals surface area contributed by atoms with Gasteiger partial charge in [-0.1, -0.05) is 54.1 Å². The van der Waals surface area contributed by atoms with Crippen molar-refractivity contribution in [3.63, 3.8) is 0 Å². The van der Waals surface area contributed by atoms with Gasteiger partial charge in [-0.25, -0.2) is 4.98 Å². The molecule has 3 nitrogen and oxygen atoms in total. The number of carbonyl (C=O) groups is 1. The van der Waals surface area contributed by atoms with Crippen molar-refractivity contribution in [2.24, 2.45) is 0 Å². The molecule has 0 amide bonds. The molecule has 0 saturated heterocycles. The fraction of sp³-hybridized carbons (Fsp3) is 0.143. The Hall–Kier alpha value is -2.65. The summed E-state index contributed by atoms with van der Waals surface area (Å²) in [5.74, 6) is 0.0790. The minimum absolute atomic E-state index is 0.0496. The Morgan fingerprint density at radius 2 is 1.96 bits per heavy atom. The Labute approximate surface area is 151 Å². The molecule has 4 rings (SSSR count). The normalized spacial score (nSPS) is 16.2. The molecule has 25 heavy (non-hydrogen) atoms. The van der Waals surface area contributed by atoms with Crippen LogP contribution in [0, 0.1) is 0 Å². The van der Waals surface area contributed by atoms with Crippen molar-refractivity contribution in [1.29, 1.82) is 0 Å². The smallest absolute Gasteiger partial charge is 0.165 e. The molecule has 2 heterocycles. The summed E-state index contributed by atoms with van der Waals surface area (Å²) in [6.45, 7) is 2.10. The molecular formula is C21H17ClN2O. The lowest BCUT2D eigenvalue weighted by Gasteiger charge is -2.18. The minimum atomic E-state index is -0.0496. The zero-order valence-electron chi connectivity index (χ0n) is 13.8. The molecule has 124 valence electrons. The van der Waals surface area contributed by atoms with E-state index in [0.29, 0.717) is 17.0 Å². The van der Waals surface area contributed by atoms with E-state index in [-0.39, 0.29) is 11.8 Å². The quantitative estimate of drug-likeness (QED) is 0.600. The highest BCUT2D eigenvalue weighted by molar-refractivity contribution is 6.31. The van der Waals surface area contributed by atoms with Gasteiger partial charge in [-0.2, -0.15) is 0 Å². The third-order valence-corrected chi connectivity index (χ3v) is 4.97. The van der Waals surface area contributed by atoms with Gasteiger partial charge in [0.05, 0.1) is 24.3 Å². The maximum Gasteiger partial charge on any atom is 0.165 e. The minimum Gasteiger partial charge on any atom is -0.323 e. The Balaban J connectivity index is 1.73. The molecule has 0 bridgehead atoms. The molecule has 1 unspecified atom stereocenters. The topological polar surface area (TPSA) is 34.9 Å². The summed E-state index contributed by atoms with van der Waals surface area (Å²) >= 11 is 6.04. The van der Waals surface area contributed by atoms with Crippen LogP contribution in [0.15, 0.2) is 67.1 Å². The van der Waals surface area contributed by atoms with Crippen LogP contribution in [-0.4, -0.2) is 15.3 Å². The number of hydrogen-bond donors (Lipinski definition) is 0. The maximum atomic E-state index is 12.9. The highest BCUT2D eigenvalue weighted by atomic mass is 35.5.